The summed E-state index contributed by atoms with van der Waals surface area (Å²) in [5.41, 5.74) is 0. The van der Waals surface area contributed by atoms with Crippen LogP contribution in [0.5, 0.6) is 0 Å². The van der Waals surface area contributed by atoms with Gasteiger partial charge in [0.15, 0.2) is 6.39 Å². The summed E-state index contributed by atoms with van der Waals surface area (Å²) in [6.07, 6.45) is 7.12. The molecule has 1 aromatic heterocycles. The lowest BCUT2D eigenvalue weighted by Crippen LogP contribution is -1.75. The molecular weight excluding hydrogens is 126 g/mol. The minimum atomic E-state index is 0.560. The molecule has 0 bridgehead atoms. The molecule has 1 aromatic rings. The highest BCUT2D eigenvalue weighted by Gasteiger charge is 1.88. The predicted octanol–water partition coefficient (Wildman–Crippen LogP) is 2.34. The summed E-state index contributed by atoms with van der Waals surface area (Å²) in [5.74, 6) is 1.37. The van der Waals surface area contributed by atoms with E-state index in [1.54, 1.807) is 6.20 Å². The first-order valence-electron chi connectivity index (χ1n) is 3.35. The topological polar surface area (TPSA) is 26.0 Å². The molecule has 54 valence electrons. The molecule has 0 amide bonds. The van der Waals surface area contributed by atoms with Crippen LogP contribution in [0, 0.1) is 5.92 Å². The SMILES string of the molecule is CC(C)/C=C/c1cnco1. The molecule has 0 aromatic carbocycles. The van der Waals surface area contributed by atoms with Gasteiger partial charge in [-0.3, -0.25) is 0 Å². The van der Waals surface area contributed by atoms with Gasteiger partial charge in [-0.15, -0.1) is 0 Å². The Labute approximate surface area is 60.6 Å². The van der Waals surface area contributed by atoms with Crippen molar-refractivity contribution in [2.45, 2.75) is 13.8 Å². The van der Waals surface area contributed by atoms with Gasteiger partial charge in [0.25, 0.3) is 0 Å². The van der Waals surface area contributed by atoms with E-state index in [0.717, 1.165) is 5.76 Å². The first kappa shape index (κ1) is 7.06. The monoisotopic (exact) mass is 137 g/mol. The van der Waals surface area contributed by atoms with Gasteiger partial charge in [0.2, 0.25) is 0 Å². The number of hydrogen-bond acceptors (Lipinski definition) is 2. The van der Waals surface area contributed by atoms with Crippen LogP contribution in [0.2, 0.25) is 0 Å². The lowest BCUT2D eigenvalue weighted by molar-refractivity contribution is 0.547. The summed E-state index contributed by atoms with van der Waals surface area (Å²) >= 11 is 0. The number of rotatable bonds is 2. The Hall–Kier alpha value is -1.05. The molecule has 1 heterocycles. The Morgan fingerprint density at radius 1 is 1.60 bits per heavy atom. The maximum atomic E-state index is 4.99. The van der Waals surface area contributed by atoms with E-state index in [0.29, 0.717) is 5.92 Å². The molecule has 2 heteroatoms. The Kier molecular flexibility index (Phi) is 2.26. The molecule has 0 radical (unpaired) electrons. The zero-order valence-corrected chi connectivity index (χ0v) is 6.24. The van der Waals surface area contributed by atoms with Gasteiger partial charge in [0.1, 0.15) is 5.76 Å². The first-order chi connectivity index (χ1) is 4.79. The van der Waals surface area contributed by atoms with Crippen molar-refractivity contribution in [3.63, 3.8) is 0 Å². The number of allylic oxidation sites excluding steroid dienone is 1. The minimum Gasteiger partial charge on any atom is -0.444 e. The molecule has 0 N–H and O–H groups in total. The van der Waals surface area contributed by atoms with Crippen molar-refractivity contribution in [1.82, 2.24) is 4.98 Å². The Bertz CT molecular complexity index is 199. The van der Waals surface area contributed by atoms with Crippen LogP contribution in [0.1, 0.15) is 19.6 Å². The summed E-state index contributed by atoms with van der Waals surface area (Å²) in [7, 11) is 0. The maximum absolute atomic E-state index is 4.99. The van der Waals surface area contributed by atoms with E-state index < -0.39 is 0 Å². The first-order valence-corrected chi connectivity index (χ1v) is 3.35. The number of hydrogen-bond donors (Lipinski definition) is 0. The third-order valence-electron chi connectivity index (χ3n) is 1.10. The van der Waals surface area contributed by atoms with E-state index in [1.807, 2.05) is 6.08 Å². The molecule has 10 heavy (non-hydrogen) atoms. The molecule has 0 aliphatic carbocycles. The van der Waals surface area contributed by atoms with Crippen molar-refractivity contribution >= 4 is 6.08 Å². The van der Waals surface area contributed by atoms with Crippen molar-refractivity contribution < 1.29 is 4.42 Å². The number of aromatic nitrogens is 1. The lowest BCUT2D eigenvalue weighted by Gasteiger charge is -1.89. The second-order valence-electron chi connectivity index (χ2n) is 2.51. The van der Waals surface area contributed by atoms with Crippen LogP contribution in [-0.2, 0) is 0 Å². The quantitative estimate of drug-likeness (QED) is 0.625. The van der Waals surface area contributed by atoms with E-state index >= 15 is 0 Å². The molecule has 0 aliphatic heterocycles. The van der Waals surface area contributed by atoms with Crippen LogP contribution in [0.15, 0.2) is 23.1 Å². The van der Waals surface area contributed by atoms with Crippen LogP contribution in [0.25, 0.3) is 6.08 Å². The van der Waals surface area contributed by atoms with Crippen molar-refractivity contribution in [2.24, 2.45) is 5.92 Å². The Morgan fingerprint density at radius 2 is 2.40 bits per heavy atom. The van der Waals surface area contributed by atoms with Crippen LogP contribution in [-0.4, -0.2) is 4.98 Å². The molecule has 0 fully saturated rings. The van der Waals surface area contributed by atoms with Gasteiger partial charge in [-0.25, -0.2) is 4.98 Å². The average Bonchev–Trinajstić information content (AvgIpc) is 2.34. The Balaban J connectivity index is 2.55. The molecule has 1 rings (SSSR count). The van der Waals surface area contributed by atoms with E-state index in [-0.39, 0.29) is 0 Å². The summed E-state index contributed by atoms with van der Waals surface area (Å²) in [6.45, 7) is 4.24. The maximum Gasteiger partial charge on any atom is 0.181 e. The fourth-order valence-corrected chi connectivity index (χ4v) is 0.595. The Morgan fingerprint density at radius 3 is 2.90 bits per heavy atom. The normalized spacial score (nSPS) is 11.5. The van der Waals surface area contributed by atoms with Crippen LogP contribution in [0.4, 0.5) is 0 Å². The zero-order valence-electron chi connectivity index (χ0n) is 6.24. The largest absolute Gasteiger partial charge is 0.444 e. The smallest absolute Gasteiger partial charge is 0.181 e. The highest BCUT2D eigenvalue weighted by molar-refractivity contribution is 5.40. The second kappa shape index (κ2) is 3.20. The highest BCUT2D eigenvalue weighted by Crippen LogP contribution is 2.02. The fourth-order valence-electron chi connectivity index (χ4n) is 0.595. The van der Waals surface area contributed by atoms with Gasteiger partial charge in [-0.05, 0) is 12.0 Å². The molecule has 2 nitrogen and oxygen atoms in total. The van der Waals surface area contributed by atoms with Gasteiger partial charge in [0, 0.05) is 0 Å². The summed E-state index contributed by atoms with van der Waals surface area (Å²) in [6, 6.07) is 0. The van der Waals surface area contributed by atoms with Gasteiger partial charge < -0.3 is 4.42 Å². The third kappa shape index (κ3) is 2.05. The van der Waals surface area contributed by atoms with Crippen LogP contribution < -0.4 is 0 Å². The van der Waals surface area contributed by atoms with Crippen molar-refractivity contribution in [3.05, 3.63) is 24.4 Å². The van der Waals surface area contributed by atoms with E-state index in [1.165, 1.54) is 6.39 Å². The van der Waals surface area contributed by atoms with Gasteiger partial charge in [0.05, 0.1) is 6.20 Å². The molecule has 0 spiro atoms. The molecule has 0 unspecified atom stereocenters. The van der Waals surface area contributed by atoms with E-state index in [4.69, 9.17) is 4.42 Å². The minimum absolute atomic E-state index is 0.560. The van der Waals surface area contributed by atoms with Crippen LogP contribution in [0.3, 0.4) is 0 Å². The van der Waals surface area contributed by atoms with Gasteiger partial charge in [-0.2, -0.15) is 0 Å². The number of oxazole rings is 1. The fraction of sp³-hybridized carbons (Fsp3) is 0.375. The highest BCUT2D eigenvalue weighted by atomic mass is 16.3. The summed E-state index contributed by atoms with van der Waals surface area (Å²) in [5, 5.41) is 0. The predicted molar refractivity (Wildman–Crippen MR) is 40.4 cm³/mol. The summed E-state index contributed by atoms with van der Waals surface area (Å²) < 4.78 is 4.99. The third-order valence-corrected chi connectivity index (χ3v) is 1.10. The molecule has 0 saturated heterocycles. The average molecular weight is 137 g/mol. The second-order valence-corrected chi connectivity index (χ2v) is 2.51. The standard InChI is InChI=1S/C8H11NO/c1-7(2)3-4-8-5-9-6-10-8/h3-7H,1-2H3/b4-3+. The van der Waals surface area contributed by atoms with E-state index in [2.05, 4.69) is 24.9 Å². The molecular formula is C8H11NO. The molecule has 0 saturated carbocycles. The lowest BCUT2D eigenvalue weighted by atomic mass is 10.2. The van der Waals surface area contributed by atoms with Crippen molar-refractivity contribution in [3.8, 4) is 0 Å². The van der Waals surface area contributed by atoms with Crippen LogP contribution >= 0.6 is 0 Å². The van der Waals surface area contributed by atoms with Gasteiger partial charge in [-0.1, -0.05) is 19.9 Å². The number of nitrogens with zero attached hydrogens (tertiary/aromatic N) is 1. The van der Waals surface area contributed by atoms with Crippen molar-refractivity contribution in [2.75, 3.05) is 0 Å². The zero-order chi connectivity index (χ0) is 7.40. The molecule has 0 aliphatic rings. The van der Waals surface area contributed by atoms with Gasteiger partial charge >= 0.3 is 0 Å². The summed E-state index contributed by atoms with van der Waals surface area (Å²) in [4.78, 5) is 3.78. The molecule has 0 atom stereocenters. The van der Waals surface area contributed by atoms with Crippen molar-refractivity contribution in [1.29, 1.82) is 0 Å². The van der Waals surface area contributed by atoms with E-state index in [9.17, 15) is 0 Å².